The number of aromatic nitrogens is 2. The summed E-state index contributed by atoms with van der Waals surface area (Å²) in [6.07, 6.45) is 3.43. The fraction of sp³-hybridized carbons (Fsp3) is 0.429. The molecule has 1 fully saturated rings. The third kappa shape index (κ3) is 4.69. The van der Waals surface area contributed by atoms with Gasteiger partial charge < -0.3 is 25.3 Å². The van der Waals surface area contributed by atoms with Crippen molar-refractivity contribution in [3.8, 4) is 5.88 Å². The molecule has 0 aliphatic carbocycles. The average Bonchev–Trinajstić information content (AvgIpc) is 2.80. The van der Waals surface area contributed by atoms with Gasteiger partial charge in [-0.2, -0.15) is 0 Å². The van der Waals surface area contributed by atoms with E-state index < -0.39 is 17.3 Å². The van der Waals surface area contributed by atoms with E-state index in [0.717, 1.165) is 12.2 Å². The van der Waals surface area contributed by atoms with Gasteiger partial charge in [0.2, 0.25) is 5.88 Å². The number of rotatable bonds is 7. The molecule has 2 aromatic rings. The smallest absolute Gasteiger partial charge is 0.275 e. The molecule has 3 N–H and O–H groups in total. The SMILES string of the molecule is COCCOc1cnc(C(=O)Nc2ccc(F)c([C@]34COCC[C@H]3CSC(N)=N4)c2)cn1. The van der Waals surface area contributed by atoms with Gasteiger partial charge in [0.15, 0.2) is 5.17 Å². The van der Waals surface area contributed by atoms with Crippen molar-refractivity contribution in [2.75, 3.05) is 44.6 Å². The molecule has 0 unspecified atom stereocenters. The topological polar surface area (TPSA) is 121 Å². The van der Waals surface area contributed by atoms with E-state index in [1.54, 1.807) is 13.2 Å². The van der Waals surface area contributed by atoms with Gasteiger partial charge in [0.05, 0.1) is 25.6 Å². The molecule has 1 amide bonds. The molecule has 3 heterocycles. The van der Waals surface area contributed by atoms with Crippen molar-refractivity contribution in [2.24, 2.45) is 16.6 Å². The molecule has 170 valence electrons. The normalized spacial score (nSPS) is 22.6. The van der Waals surface area contributed by atoms with Crippen LogP contribution in [0.3, 0.4) is 0 Å². The largest absolute Gasteiger partial charge is 0.474 e. The molecular weight excluding hydrogens is 437 g/mol. The Hall–Kier alpha value is -2.76. The van der Waals surface area contributed by atoms with E-state index in [0.29, 0.717) is 36.2 Å². The van der Waals surface area contributed by atoms with E-state index in [1.807, 2.05) is 0 Å². The molecule has 4 rings (SSSR count). The van der Waals surface area contributed by atoms with Gasteiger partial charge >= 0.3 is 0 Å². The lowest BCUT2D eigenvalue weighted by molar-refractivity contribution is 0.00304. The molecule has 1 aromatic carbocycles. The van der Waals surface area contributed by atoms with Crippen molar-refractivity contribution in [1.82, 2.24) is 9.97 Å². The summed E-state index contributed by atoms with van der Waals surface area (Å²) in [7, 11) is 1.57. The van der Waals surface area contributed by atoms with Crippen molar-refractivity contribution in [2.45, 2.75) is 12.0 Å². The highest BCUT2D eigenvalue weighted by Crippen LogP contribution is 2.45. The number of nitrogens with two attached hydrogens (primary N) is 1. The molecule has 2 aliphatic rings. The fourth-order valence-electron chi connectivity index (χ4n) is 3.79. The highest BCUT2D eigenvalue weighted by Gasteiger charge is 2.47. The second-order valence-electron chi connectivity index (χ2n) is 7.45. The minimum Gasteiger partial charge on any atom is -0.474 e. The van der Waals surface area contributed by atoms with E-state index in [9.17, 15) is 9.18 Å². The summed E-state index contributed by atoms with van der Waals surface area (Å²) in [6, 6.07) is 4.40. The van der Waals surface area contributed by atoms with Gasteiger partial charge in [0, 0.05) is 36.6 Å². The number of benzene rings is 1. The quantitative estimate of drug-likeness (QED) is 0.602. The molecule has 0 spiro atoms. The third-order valence-corrected chi connectivity index (χ3v) is 6.40. The highest BCUT2D eigenvalue weighted by atomic mass is 32.2. The summed E-state index contributed by atoms with van der Waals surface area (Å²) in [5.41, 5.74) is 5.96. The van der Waals surface area contributed by atoms with E-state index in [2.05, 4.69) is 20.3 Å². The molecule has 2 aliphatic heterocycles. The van der Waals surface area contributed by atoms with Gasteiger partial charge in [-0.3, -0.25) is 4.79 Å². The summed E-state index contributed by atoms with van der Waals surface area (Å²) in [4.78, 5) is 25.4. The predicted octanol–water partition coefficient (Wildman–Crippen LogP) is 2.19. The number of nitrogens with one attached hydrogen (secondary N) is 1. The number of halogens is 1. The van der Waals surface area contributed by atoms with E-state index >= 15 is 0 Å². The molecule has 0 bridgehead atoms. The molecule has 1 aromatic heterocycles. The summed E-state index contributed by atoms with van der Waals surface area (Å²) >= 11 is 1.47. The monoisotopic (exact) mass is 461 g/mol. The van der Waals surface area contributed by atoms with Crippen LogP contribution in [0.4, 0.5) is 10.1 Å². The summed E-state index contributed by atoms with van der Waals surface area (Å²) < 4.78 is 30.9. The second-order valence-corrected chi connectivity index (χ2v) is 8.49. The number of nitrogens with zero attached hydrogens (tertiary/aromatic N) is 3. The average molecular weight is 462 g/mol. The van der Waals surface area contributed by atoms with Crippen molar-refractivity contribution in [1.29, 1.82) is 0 Å². The lowest BCUT2D eigenvalue weighted by atomic mass is 9.76. The third-order valence-electron chi connectivity index (χ3n) is 5.44. The molecule has 1 saturated heterocycles. The van der Waals surface area contributed by atoms with Crippen molar-refractivity contribution in [3.05, 3.63) is 47.7 Å². The number of ether oxygens (including phenoxy) is 3. The minimum absolute atomic E-state index is 0.0884. The van der Waals surface area contributed by atoms with Crippen LogP contribution in [0.1, 0.15) is 22.5 Å². The van der Waals surface area contributed by atoms with Crippen LogP contribution in [0.5, 0.6) is 5.88 Å². The number of methoxy groups -OCH3 is 1. The number of aliphatic imine (C=N–C) groups is 1. The Labute approximate surface area is 189 Å². The standard InChI is InChI=1S/C21H24FN5O4S/c1-29-6-7-31-18-10-24-17(9-25-18)19(28)26-14-2-3-16(22)15(8-14)21-12-30-5-4-13(21)11-32-20(23)27-21/h2-3,8-10,13H,4-7,11-12H2,1H3,(H2,23,27)(H,26,28)/t13-,21-/m0/s1. The maximum absolute atomic E-state index is 14.9. The molecule has 0 radical (unpaired) electrons. The van der Waals surface area contributed by atoms with E-state index in [4.69, 9.17) is 19.9 Å². The Morgan fingerprint density at radius 3 is 3.03 bits per heavy atom. The summed E-state index contributed by atoms with van der Waals surface area (Å²) in [6.45, 7) is 1.58. The fourth-order valence-corrected chi connectivity index (χ4v) is 4.84. The molecule has 11 heteroatoms. The number of amides is 1. The lowest BCUT2D eigenvalue weighted by Crippen LogP contribution is -2.48. The van der Waals surface area contributed by atoms with Crippen LogP contribution in [0.25, 0.3) is 0 Å². The van der Waals surface area contributed by atoms with Crippen LogP contribution in [-0.2, 0) is 15.0 Å². The first-order valence-electron chi connectivity index (χ1n) is 10.1. The number of hydrogen-bond acceptors (Lipinski definition) is 9. The zero-order chi connectivity index (χ0) is 22.6. The van der Waals surface area contributed by atoms with Gasteiger partial charge in [-0.05, 0) is 24.6 Å². The van der Waals surface area contributed by atoms with Crippen LogP contribution >= 0.6 is 11.8 Å². The zero-order valence-electron chi connectivity index (χ0n) is 17.5. The first kappa shape index (κ1) is 22.4. The van der Waals surface area contributed by atoms with E-state index in [1.165, 1.54) is 36.3 Å². The molecule has 0 saturated carbocycles. The Kier molecular flexibility index (Phi) is 6.87. The molecule has 9 nitrogen and oxygen atoms in total. The van der Waals surface area contributed by atoms with Crippen LogP contribution in [-0.4, -0.2) is 60.3 Å². The van der Waals surface area contributed by atoms with Crippen LogP contribution in [0, 0.1) is 11.7 Å². The summed E-state index contributed by atoms with van der Waals surface area (Å²) in [5.74, 6) is 0.221. The van der Waals surface area contributed by atoms with Gasteiger partial charge in [-0.1, -0.05) is 11.8 Å². The first-order valence-corrected chi connectivity index (χ1v) is 11.1. The zero-order valence-corrected chi connectivity index (χ0v) is 18.4. The van der Waals surface area contributed by atoms with Crippen molar-refractivity contribution < 1.29 is 23.4 Å². The number of thioether (sulfide) groups is 1. The number of amidine groups is 1. The minimum atomic E-state index is -0.903. The van der Waals surface area contributed by atoms with Crippen LogP contribution in [0.15, 0.2) is 35.6 Å². The Bertz CT molecular complexity index is 1010. The first-order chi connectivity index (χ1) is 15.5. The molecule has 2 atom stereocenters. The van der Waals surface area contributed by atoms with Gasteiger partial charge in [0.25, 0.3) is 5.91 Å². The highest BCUT2D eigenvalue weighted by molar-refractivity contribution is 8.13. The maximum Gasteiger partial charge on any atom is 0.275 e. The van der Waals surface area contributed by atoms with Gasteiger partial charge in [0.1, 0.15) is 23.7 Å². The number of fused-ring (bicyclic) bond motifs is 1. The number of anilines is 1. The number of carbonyl (C=O) groups is 1. The van der Waals surface area contributed by atoms with Crippen LogP contribution in [0.2, 0.25) is 0 Å². The lowest BCUT2D eigenvalue weighted by Gasteiger charge is -2.43. The predicted molar refractivity (Wildman–Crippen MR) is 118 cm³/mol. The van der Waals surface area contributed by atoms with Crippen molar-refractivity contribution in [3.63, 3.8) is 0 Å². The van der Waals surface area contributed by atoms with E-state index in [-0.39, 0.29) is 24.1 Å². The Balaban J connectivity index is 1.54. The van der Waals surface area contributed by atoms with Gasteiger partial charge in [-0.15, -0.1) is 0 Å². The summed E-state index contributed by atoms with van der Waals surface area (Å²) in [5, 5.41) is 3.15. The number of carbonyl (C=O) groups excluding carboxylic acids is 1. The second kappa shape index (κ2) is 9.80. The van der Waals surface area contributed by atoms with Gasteiger partial charge in [-0.25, -0.2) is 19.4 Å². The Morgan fingerprint density at radius 2 is 2.25 bits per heavy atom. The van der Waals surface area contributed by atoms with Crippen LogP contribution < -0.4 is 15.8 Å². The molecular formula is C21H24FN5O4S. The Morgan fingerprint density at radius 1 is 1.38 bits per heavy atom. The number of hydrogen-bond donors (Lipinski definition) is 2. The maximum atomic E-state index is 14.9. The molecule has 32 heavy (non-hydrogen) atoms. The van der Waals surface area contributed by atoms with Crippen molar-refractivity contribution >= 4 is 28.5 Å².